The van der Waals surface area contributed by atoms with E-state index >= 15 is 0 Å². The third-order valence-corrected chi connectivity index (χ3v) is 4.85. The molecule has 1 aliphatic carbocycles. The molecule has 0 spiro atoms. The molecule has 23 heavy (non-hydrogen) atoms. The van der Waals surface area contributed by atoms with Crippen molar-refractivity contribution >= 4 is 22.4 Å². The number of carbonyl (C=O) groups excluding carboxylic acids is 1. The summed E-state index contributed by atoms with van der Waals surface area (Å²) in [6, 6.07) is 9.50. The van der Waals surface area contributed by atoms with E-state index in [1.807, 2.05) is 30.3 Å². The molecule has 7 heteroatoms. The highest BCUT2D eigenvalue weighted by atomic mass is 32.1. The standard InChI is InChI=1S/C16H15N5OS/c22-15(19-16-18-12-8-4-5-9-14(12)23-16)13-10-17-21(20-13)11-6-2-1-3-7-11/h1-3,6-7,10H,4-5,8-9H2,(H,18,19,22). The average Bonchev–Trinajstić information content (AvgIpc) is 3.22. The van der Waals surface area contributed by atoms with Crippen molar-refractivity contribution in [2.75, 3.05) is 5.32 Å². The number of hydrogen-bond acceptors (Lipinski definition) is 5. The molecule has 0 bridgehead atoms. The maximum atomic E-state index is 12.3. The number of anilines is 1. The lowest BCUT2D eigenvalue weighted by Crippen LogP contribution is -2.13. The maximum Gasteiger partial charge on any atom is 0.279 e. The molecule has 4 rings (SSSR count). The van der Waals surface area contributed by atoms with E-state index in [0.29, 0.717) is 5.13 Å². The van der Waals surface area contributed by atoms with Crippen LogP contribution in [-0.4, -0.2) is 25.9 Å². The Morgan fingerprint density at radius 3 is 2.83 bits per heavy atom. The van der Waals surface area contributed by atoms with E-state index < -0.39 is 0 Å². The number of nitrogens with one attached hydrogen (secondary N) is 1. The van der Waals surface area contributed by atoms with Gasteiger partial charge in [-0.2, -0.15) is 9.90 Å². The highest BCUT2D eigenvalue weighted by molar-refractivity contribution is 7.15. The van der Waals surface area contributed by atoms with Gasteiger partial charge in [-0.25, -0.2) is 4.98 Å². The van der Waals surface area contributed by atoms with Crippen LogP contribution in [0.5, 0.6) is 0 Å². The Bertz CT molecular complexity index is 816. The summed E-state index contributed by atoms with van der Waals surface area (Å²) in [5.41, 5.74) is 2.22. The van der Waals surface area contributed by atoms with E-state index in [1.54, 1.807) is 11.3 Å². The first-order valence-electron chi connectivity index (χ1n) is 7.57. The third-order valence-electron chi connectivity index (χ3n) is 3.78. The van der Waals surface area contributed by atoms with Gasteiger partial charge in [0.1, 0.15) is 0 Å². The van der Waals surface area contributed by atoms with Crippen molar-refractivity contribution in [1.82, 2.24) is 20.0 Å². The highest BCUT2D eigenvalue weighted by Crippen LogP contribution is 2.29. The molecule has 6 nitrogen and oxygen atoms in total. The Morgan fingerprint density at radius 2 is 2.00 bits per heavy atom. The van der Waals surface area contributed by atoms with E-state index in [9.17, 15) is 4.79 Å². The number of hydrogen-bond donors (Lipinski definition) is 1. The van der Waals surface area contributed by atoms with Gasteiger partial charge >= 0.3 is 0 Å². The number of carbonyl (C=O) groups is 1. The van der Waals surface area contributed by atoms with Crippen LogP contribution in [-0.2, 0) is 12.8 Å². The molecule has 0 unspecified atom stereocenters. The summed E-state index contributed by atoms with van der Waals surface area (Å²) in [5, 5.41) is 11.9. The molecular weight excluding hydrogens is 310 g/mol. The Labute approximate surface area is 137 Å². The molecule has 0 atom stereocenters. The number of nitrogens with zero attached hydrogens (tertiary/aromatic N) is 4. The number of thiazole rings is 1. The first-order valence-corrected chi connectivity index (χ1v) is 8.39. The Morgan fingerprint density at radius 1 is 1.17 bits per heavy atom. The summed E-state index contributed by atoms with van der Waals surface area (Å²) >= 11 is 1.56. The number of fused-ring (bicyclic) bond motifs is 1. The monoisotopic (exact) mass is 325 g/mol. The van der Waals surface area contributed by atoms with Gasteiger partial charge in [-0.05, 0) is 37.8 Å². The molecule has 0 fully saturated rings. The lowest BCUT2D eigenvalue weighted by Gasteiger charge is -2.06. The van der Waals surface area contributed by atoms with Gasteiger partial charge in [0, 0.05) is 4.88 Å². The Hall–Kier alpha value is -2.54. The quantitative estimate of drug-likeness (QED) is 0.803. The van der Waals surface area contributed by atoms with Crippen LogP contribution in [0.1, 0.15) is 33.9 Å². The van der Waals surface area contributed by atoms with Gasteiger partial charge in [0.2, 0.25) is 0 Å². The second-order valence-corrected chi connectivity index (χ2v) is 6.49. The zero-order valence-electron chi connectivity index (χ0n) is 12.4. The summed E-state index contributed by atoms with van der Waals surface area (Å²) in [4.78, 5) is 19.6. The van der Waals surface area contributed by atoms with Crippen molar-refractivity contribution < 1.29 is 4.79 Å². The van der Waals surface area contributed by atoms with Gasteiger partial charge in [-0.1, -0.05) is 18.2 Å². The molecule has 1 aliphatic rings. The number of amides is 1. The highest BCUT2D eigenvalue weighted by Gasteiger charge is 2.18. The SMILES string of the molecule is O=C(Nc1nc2c(s1)CCCC2)c1cnn(-c2ccccc2)n1. The van der Waals surface area contributed by atoms with Crippen LogP contribution < -0.4 is 5.32 Å². The molecule has 0 aliphatic heterocycles. The zero-order chi connectivity index (χ0) is 15.6. The molecule has 2 aromatic heterocycles. The van der Waals surface area contributed by atoms with E-state index in [-0.39, 0.29) is 11.6 Å². The summed E-state index contributed by atoms with van der Waals surface area (Å²) in [5.74, 6) is -0.279. The lowest BCUT2D eigenvalue weighted by molar-refractivity contribution is 0.102. The predicted octanol–water partition coefficient (Wildman–Crippen LogP) is 2.85. The molecule has 2 heterocycles. The number of benzene rings is 1. The first kappa shape index (κ1) is 14.1. The van der Waals surface area contributed by atoms with Crippen molar-refractivity contribution in [3.05, 3.63) is 52.8 Å². The van der Waals surface area contributed by atoms with Crippen LogP contribution >= 0.6 is 11.3 Å². The topological polar surface area (TPSA) is 72.7 Å². The Kier molecular flexibility index (Phi) is 3.63. The van der Waals surface area contributed by atoms with Gasteiger partial charge < -0.3 is 0 Å². The van der Waals surface area contributed by atoms with Crippen molar-refractivity contribution in [3.63, 3.8) is 0 Å². The van der Waals surface area contributed by atoms with E-state index in [1.165, 1.54) is 28.7 Å². The summed E-state index contributed by atoms with van der Waals surface area (Å²) in [6.07, 6.45) is 5.91. The lowest BCUT2D eigenvalue weighted by atomic mass is 10.0. The van der Waals surface area contributed by atoms with Crippen LogP contribution in [0.15, 0.2) is 36.5 Å². The number of rotatable bonds is 3. The fraction of sp³-hybridized carbons (Fsp3) is 0.250. The van der Waals surface area contributed by atoms with Crippen molar-refractivity contribution in [2.45, 2.75) is 25.7 Å². The van der Waals surface area contributed by atoms with Crippen LogP contribution in [0.25, 0.3) is 5.69 Å². The minimum atomic E-state index is -0.279. The number of aromatic nitrogens is 4. The average molecular weight is 325 g/mol. The van der Waals surface area contributed by atoms with Gasteiger partial charge in [0.05, 0.1) is 17.6 Å². The van der Waals surface area contributed by atoms with E-state index in [4.69, 9.17) is 0 Å². The van der Waals surface area contributed by atoms with Crippen LogP contribution in [0.3, 0.4) is 0 Å². The Balaban J connectivity index is 1.51. The summed E-state index contributed by atoms with van der Waals surface area (Å²) in [6.45, 7) is 0. The second kappa shape index (κ2) is 5.92. The second-order valence-electron chi connectivity index (χ2n) is 5.40. The molecule has 0 saturated carbocycles. The first-order chi connectivity index (χ1) is 11.3. The van der Waals surface area contributed by atoms with Crippen molar-refractivity contribution in [2.24, 2.45) is 0 Å². The van der Waals surface area contributed by atoms with Crippen LogP contribution in [0, 0.1) is 0 Å². The fourth-order valence-electron chi connectivity index (χ4n) is 2.62. The van der Waals surface area contributed by atoms with Gasteiger partial charge in [-0.15, -0.1) is 16.4 Å². The zero-order valence-corrected chi connectivity index (χ0v) is 13.2. The summed E-state index contributed by atoms with van der Waals surface area (Å²) in [7, 11) is 0. The fourth-order valence-corrected chi connectivity index (χ4v) is 3.66. The predicted molar refractivity (Wildman–Crippen MR) is 88.1 cm³/mol. The van der Waals surface area contributed by atoms with E-state index in [0.717, 1.165) is 24.2 Å². The van der Waals surface area contributed by atoms with Crippen molar-refractivity contribution in [1.29, 1.82) is 0 Å². The van der Waals surface area contributed by atoms with Crippen LogP contribution in [0.2, 0.25) is 0 Å². The van der Waals surface area contributed by atoms with E-state index in [2.05, 4.69) is 20.5 Å². The number of aryl methyl sites for hydroxylation is 2. The molecule has 116 valence electrons. The smallest absolute Gasteiger partial charge is 0.279 e. The molecular formula is C16H15N5OS. The molecule has 0 saturated heterocycles. The molecule has 1 amide bonds. The largest absolute Gasteiger partial charge is 0.296 e. The molecule has 1 aromatic carbocycles. The minimum absolute atomic E-state index is 0.279. The third kappa shape index (κ3) is 2.87. The van der Waals surface area contributed by atoms with Gasteiger partial charge in [0.25, 0.3) is 5.91 Å². The normalized spacial score (nSPS) is 13.6. The summed E-state index contributed by atoms with van der Waals surface area (Å²) < 4.78 is 0. The van der Waals surface area contributed by atoms with Gasteiger partial charge in [-0.3, -0.25) is 10.1 Å². The minimum Gasteiger partial charge on any atom is -0.296 e. The molecule has 3 aromatic rings. The molecule has 0 radical (unpaired) electrons. The van der Waals surface area contributed by atoms with Gasteiger partial charge in [0.15, 0.2) is 10.8 Å². The van der Waals surface area contributed by atoms with Crippen LogP contribution in [0.4, 0.5) is 5.13 Å². The number of para-hydroxylation sites is 1. The van der Waals surface area contributed by atoms with Crippen molar-refractivity contribution in [3.8, 4) is 5.69 Å². The maximum absolute atomic E-state index is 12.3. The molecule has 1 N–H and O–H groups in total.